The topological polar surface area (TPSA) is 35.5 Å². The number of nitrogens with zero attached hydrogens (tertiary/aromatic N) is 1. The van der Waals surface area contributed by atoms with Crippen LogP contribution in [-0.4, -0.2) is 48.3 Å². The van der Waals surface area contributed by atoms with Gasteiger partial charge >= 0.3 is 0 Å². The van der Waals surface area contributed by atoms with Gasteiger partial charge in [0.25, 0.3) is 0 Å². The van der Waals surface area contributed by atoms with E-state index in [1.807, 2.05) is 6.92 Å². The standard InChI is InChI=1S/C13H26N2O/c1-13(16)6-8-15(9-7-13)10-11-4-3-5-12(11)14-2/h11-12,14,16H,3-10H2,1-2H3. The van der Waals surface area contributed by atoms with Crippen molar-refractivity contribution in [1.29, 1.82) is 0 Å². The fourth-order valence-corrected chi connectivity index (χ4v) is 3.18. The summed E-state index contributed by atoms with van der Waals surface area (Å²) in [6.07, 6.45) is 5.96. The fraction of sp³-hybridized carbons (Fsp3) is 1.00. The first kappa shape index (κ1) is 12.3. The summed E-state index contributed by atoms with van der Waals surface area (Å²) in [4.78, 5) is 2.54. The van der Waals surface area contributed by atoms with Crippen molar-refractivity contribution in [2.75, 3.05) is 26.7 Å². The van der Waals surface area contributed by atoms with Crippen molar-refractivity contribution in [2.45, 2.75) is 50.7 Å². The van der Waals surface area contributed by atoms with Gasteiger partial charge in [0.05, 0.1) is 5.60 Å². The maximum Gasteiger partial charge on any atom is 0.0644 e. The van der Waals surface area contributed by atoms with Crippen LogP contribution in [0.2, 0.25) is 0 Å². The molecule has 0 radical (unpaired) electrons. The van der Waals surface area contributed by atoms with E-state index in [0.717, 1.165) is 37.9 Å². The number of aliphatic hydroxyl groups is 1. The summed E-state index contributed by atoms with van der Waals surface area (Å²) in [5.74, 6) is 0.827. The molecule has 2 aliphatic rings. The van der Waals surface area contributed by atoms with Crippen molar-refractivity contribution in [1.82, 2.24) is 10.2 Å². The Morgan fingerprint density at radius 3 is 2.62 bits per heavy atom. The van der Waals surface area contributed by atoms with Gasteiger partial charge in [0.1, 0.15) is 0 Å². The van der Waals surface area contributed by atoms with Crippen LogP contribution in [-0.2, 0) is 0 Å². The lowest BCUT2D eigenvalue weighted by Gasteiger charge is -2.37. The number of piperidine rings is 1. The maximum atomic E-state index is 9.91. The molecule has 3 nitrogen and oxygen atoms in total. The normalized spacial score (nSPS) is 35.4. The Kier molecular flexibility index (Phi) is 3.88. The summed E-state index contributed by atoms with van der Waals surface area (Å²) in [5, 5.41) is 13.4. The number of rotatable bonds is 3. The highest BCUT2D eigenvalue weighted by Gasteiger charge is 2.31. The molecule has 0 bridgehead atoms. The lowest BCUT2D eigenvalue weighted by Crippen LogP contribution is -2.46. The molecule has 2 N–H and O–H groups in total. The van der Waals surface area contributed by atoms with E-state index in [2.05, 4.69) is 17.3 Å². The van der Waals surface area contributed by atoms with Gasteiger partial charge in [0.15, 0.2) is 0 Å². The first-order valence-electron chi connectivity index (χ1n) is 6.73. The van der Waals surface area contributed by atoms with Gasteiger partial charge < -0.3 is 15.3 Å². The minimum Gasteiger partial charge on any atom is -0.390 e. The molecule has 0 aromatic rings. The summed E-state index contributed by atoms with van der Waals surface area (Å²) >= 11 is 0. The Morgan fingerprint density at radius 1 is 1.31 bits per heavy atom. The SMILES string of the molecule is CNC1CCCC1CN1CCC(C)(O)CC1. The summed E-state index contributed by atoms with van der Waals surface area (Å²) in [7, 11) is 2.09. The van der Waals surface area contributed by atoms with Crippen LogP contribution in [0, 0.1) is 5.92 Å². The van der Waals surface area contributed by atoms with Gasteiger partial charge in [-0.3, -0.25) is 0 Å². The van der Waals surface area contributed by atoms with Crippen molar-refractivity contribution < 1.29 is 5.11 Å². The second-order valence-electron chi connectivity index (χ2n) is 5.88. The number of nitrogens with one attached hydrogen (secondary N) is 1. The zero-order valence-electron chi connectivity index (χ0n) is 10.7. The predicted octanol–water partition coefficient (Wildman–Crippen LogP) is 1.22. The maximum absolute atomic E-state index is 9.91. The lowest BCUT2D eigenvalue weighted by atomic mass is 9.92. The molecule has 0 aromatic carbocycles. The average Bonchev–Trinajstić information content (AvgIpc) is 2.68. The molecule has 3 heteroatoms. The quantitative estimate of drug-likeness (QED) is 0.759. The molecule has 2 rings (SSSR count). The van der Waals surface area contributed by atoms with E-state index in [0.29, 0.717) is 0 Å². The Morgan fingerprint density at radius 2 is 2.00 bits per heavy atom. The van der Waals surface area contributed by atoms with Crippen LogP contribution in [0.25, 0.3) is 0 Å². The number of hydrogen-bond donors (Lipinski definition) is 2. The van der Waals surface area contributed by atoms with Gasteiger partial charge in [0.2, 0.25) is 0 Å². The lowest BCUT2D eigenvalue weighted by molar-refractivity contribution is -0.00924. The fourth-order valence-electron chi connectivity index (χ4n) is 3.18. The number of likely N-dealkylation sites (tertiary alicyclic amines) is 1. The van der Waals surface area contributed by atoms with Gasteiger partial charge in [-0.25, -0.2) is 0 Å². The van der Waals surface area contributed by atoms with Gasteiger partial charge in [-0.05, 0) is 45.6 Å². The molecule has 2 fully saturated rings. The summed E-state index contributed by atoms with van der Waals surface area (Å²) in [5.41, 5.74) is -0.408. The van der Waals surface area contributed by atoms with E-state index in [9.17, 15) is 5.11 Å². The molecule has 1 saturated heterocycles. The molecular formula is C13H26N2O. The molecule has 0 aromatic heterocycles. The third-order valence-electron chi connectivity index (χ3n) is 4.46. The second kappa shape index (κ2) is 5.03. The van der Waals surface area contributed by atoms with Crippen LogP contribution in [0.4, 0.5) is 0 Å². The van der Waals surface area contributed by atoms with Crippen LogP contribution in [0.1, 0.15) is 39.0 Å². The molecule has 16 heavy (non-hydrogen) atoms. The van der Waals surface area contributed by atoms with Crippen LogP contribution >= 0.6 is 0 Å². The molecule has 94 valence electrons. The summed E-state index contributed by atoms with van der Waals surface area (Å²) < 4.78 is 0. The smallest absolute Gasteiger partial charge is 0.0644 e. The third-order valence-corrected chi connectivity index (χ3v) is 4.46. The van der Waals surface area contributed by atoms with Crippen molar-refractivity contribution in [2.24, 2.45) is 5.92 Å². The Bertz CT molecular complexity index is 220. The third kappa shape index (κ3) is 2.96. The van der Waals surface area contributed by atoms with Gasteiger partial charge in [-0.2, -0.15) is 0 Å². The monoisotopic (exact) mass is 226 g/mol. The van der Waals surface area contributed by atoms with Crippen LogP contribution in [0.3, 0.4) is 0 Å². The highest BCUT2D eigenvalue weighted by molar-refractivity contribution is 4.87. The largest absolute Gasteiger partial charge is 0.390 e. The molecule has 1 heterocycles. The predicted molar refractivity (Wildman–Crippen MR) is 66.5 cm³/mol. The summed E-state index contributed by atoms with van der Waals surface area (Å²) in [6.45, 7) is 5.33. The van der Waals surface area contributed by atoms with Crippen LogP contribution < -0.4 is 5.32 Å². The second-order valence-corrected chi connectivity index (χ2v) is 5.88. The van der Waals surface area contributed by atoms with E-state index < -0.39 is 5.60 Å². The molecule has 2 unspecified atom stereocenters. The van der Waals surface area contributed by atoms with E-state index in [1.165, 1.54) is 25.8 Å². The highest BCUT2D eigenvalue weighted by atomic mass is 16.3. The molecule has 1 aliphatic heterocycles. The molecule has 0 amide bonds. The first-order valence-corrected chi connectivity index (χ1v) is 6.73. The van der Waals surface area contributed by atoms with E-state index in [-0.39, 0.29) is 0 Å². The van der Waals surface area contributed by atoms with Crippen LogP contribution in [0.15, 0.2) is 0 Å². The Balaban J connectivity index is 1.78. The van der Waals surface area contributed by atoms with Crippen LogP contribution in [0.5, 0.6) is 0 Å². The number of hydrogen-bond acceptors (Lipinski definition) is 3. The summed E-state index contributed by atoms with van der Waals surface area (Å²) in [6, 6.07) is 0.724. The average molecular weight is 226 g/mol. The molecule has 1 aliphatic carbocycles. The van der Waals surface area contributed by atoms with Gasteiger partial charge in [0, 0.05) is 25.7 Å². The molecular weight excluding hydrogens is 200 g/mol. The van der Waals surface area contributed by atoms with E-state index >= 15 is 0 Å². The van der Waals surface area contributed by atoms with E-state index in [4.69, 9.17) is 0 Å². The van der Waals surface area contributed by atoms with Gasteiger partial charge in [-0.1, -0.05) is 6.42 Å². The Hall–Kier alpha value is -0.120. The zero-order valence-corrected chi connectivity index (χ0v) is 10.7. The zero-order chi connectivity index (χ0) is 11.6. The van der Waals surface area contributed by atoms with Crippen molar-refractivity contribution in [3.63, 3.8) is 0 Å². The Labute approximate surface area is 99.2 Å². The molecule has 2 atom stereocenters. The minimum atomic E-state index is -0.408. The first-order chi connectivity index (χ1) is 7.61. The molecule has 1 saturated carbocycles. The minimum absolute atomic E-state index is 0.408. The van der Waals surface area contributed by atoms with Crippen molar-refractivity contribution >= 4 is 0 Å². The highest BCUT2D eigenvalue weighted by Crippen LogP contribution is 2.28. The van der Waals surface area contributed by atoms with Gasteiger partial charge in [-0.15, -0.1) is 0 Å². The molecule has 0 spiro atoms. The van der Waals surface area contributed by atoms with E-state index in [1.54, 1.807) is 0 Å². The van der Waals surface area contributed by atoms with Crippen molar-refractivity contribution in [3.8, 4) is 0 Å². The van der Waals surface area contributed by atoms with Crippen molar-refractivity contribution in [3.05, 3.63) is 0 Å².